The van der Waals surface area contributed by atoms with Crippen LogP contribution in [0.4, 0.5) is 0 Å². The highest BCUT2D eigenvalue weighted by Crippen LogP contribution is 2.29. The van der Waals surface area contributed by atoms with E-state index >= 15 is 0 Å². The molecule has 0 amide bonds. The van der Waals surface area contributed by atoms with Gasteiger partial charge in [0.25, 0.3) is 0 Å². The Hall–Kier alpha value is -2.33. The number of aromatic nitrogens is 1. The van der Waals surface area contributed by atoms with E-state index in [0.717, 1.165) is 11.9 Å². The van der Waals surface area contributed by atoms with Crippen LogP contribution in [0, 0.1) is 0 Å². The van der Waals surface area contributed by atoms with Crippen molar-refractivity contribution in [3.8, 4) is 0 Å². The zero-order chi connectivity index (χ0) is 16.0. The molecular formula is C19H20N2O2. The van der Waals surface area contributed by atoms with Crippen molar-refractivity contribution in [2.24, 2.45) is 0 Å². The van der Waals surface area contributed by atoms with Crippen LogP contribution in [0.1, 0.15) is 24.1 Å². The summed E-state index contributed by atoms with van der Waals surface area (Å²) in [7, 11) is 2.14. The average Bonchev–Trinajstić information content (AvgIpc) is 2.92. The van der Waals surface area contributed by atoms with Gasteiger partial charge in [0.1, 0.15) is 0 Å². The molecular weight excluding hydrogens is 288 g/mol. The van der Waals surface area contributed by atoms with Gasteiger partial charge < -0.3 is 4.42 Å². The lowest BCUT2D eigenvalue weighted by Gasteiger charge is -2.35. The van der Waals surface area contributed by atoms with Crippen LogP contribution in [0.2, 0.25) is 0 Å². The van der Waals surface area contributed by atoms with Crippen LogP contribution in [0.15, 0.2) is 57.7 Å². The number of hydrogen-bond acceptors (Lipinski definition) is 3. The first-order valence-electron chi connectivity index (χ1n) is 8.03. The van der Waals surface area contributed by atoms with E-state index in [2.05, 4.69) is 49.2 Å². The number of para-hydroxylation sites is 1. The number of benzene rings is 2. The summed E-state index contributed by atoms with van der Waals surface area (Å²) in [6.45, 7) is 2.89. The molecule has 2 atom stereocenters. The highest BCUT2D eigenvalue weighted by atomic mass is 16.4. The summed E-state index contributed by atoms with van der Waals surface area (Å²) >= 11 is 0. The maximum Gasteiger partial charge on any atom is 0.420 e. The second kappa shape index (κ2) is 5.39. The molecule has 1 aliphatic rings. The van der Waals surface area contributed by atoms with E-state index in [9.17, 15) is 4.79 Å². The lowest BCUT2D eigenvalue weighted by atomic mass is 9.97. The molecule has 0 aliphatic carbocycles. The van der Waals surface area contributed by atoms with Gasteiger partial charge in [-0.2, -0.15) is 0 Å². The van der Waals surface area contributed by atoms with Crippen LogP contribution in [0.5, 0.6) is 0 Å². The van der Waals surface area contributed by atoms with Crippen molar-refractivity contribution in [3.05, 3.63) is 70.2 Å². The molecule has 0 spiro atoms. The van der Waals surface area contributed by atoms with E-state index in [1.807, 2.05) is 18.2 Å². The summed E-state index contributed by atoms with van der Waals surface area (Å²) in [4.78, 5) is 14.5. The minimum absolute atomic E-state index is 0.252. The molecule has 2 unspecified atom stereocenters. The molecule has 0 fully saturated rings. The summed E-state index contributed by atoms with van der Waals surface area (Å²) in [6, 6.07) is 17.0. The SMILES string of the molecule is CC(c1ccccc1)N(C)C1Cc2cccc3oc(=O)n(c23)C1. The summed E-state index contributed by atoms with van der Waals surface area (Å²) < 4.78 is 7.16. The van der Waals surface area contributed by atoms with Crippen molar-refractivity contribution in [2.45, 2.75) is 32.0 Å². The molecule has 0 radical (unpaired) electrons. The van der Waals surface area contributed by atoms with E-state index in [1.54, 1.807) is 4.57 Å². The average molecular weight is 308 g/mol. The van der Waals surface area contributed by atoms with Crippen molar-refractivity contribution in [2.75, 3.05) is 7.05 Å². The molecule has 1 aliphatic heterocycles. The maximum atomic E-state index is 12.1. The lowest BCUT2D eigenvalue weighted by molar-refractivity contribution is 0.161. The van der Waals surface area contributed by atoms with Gasteiger partial charge in [0, 0.05) is 18.6 Å². The lowest BCUT2D eigenvalue weighted by Crippen LogP contribution is -2.42. The quantitative estimate of drug-likeness (QED) is 0.746. The number of nitrogens with zero attached hydrogens (tertiary/aromatic N) is 2. The summed E-state index contributed by atoms with van der Waals surface area (Å²) in [5.74, 6) is -0.252. The first kappa shape index (κ1) is 14.3. The van der Waals surface area contributed by atoms with Crippen LogP contribution in [-0.2, 0) is 13.0 Å². The third kappa shape index (κ3) is 2.30. The third-order valence-electron chi connectivity index (χ3n) is 5.09. The molecule has 0 N–H and O–H groups in total. The fourth-order valence-corrected chi connectivity index (χ4v) is 3.61. The number of likely N-dealkylation sites (N-methyl/N-ethyl adjacent to an activating group) is 1. The number of hydrogen-bond donors (Lipinski definition) is 0. The normalized spacial score (nSPS) is 18.5. The number of rotatable bonds is 3. The second-order valence-corrected chi connectivity index (χ2v) is 6.35. The van der Waals surface area contributed by atoms with Crippen LogP contribution in [-0.4, -0.2) is 22.6 Å². The molecule has 118 valence electrons. The van der Waals surface area contributed by atoms with Crippen LogP contribution >= 0.6 is 0 Å². The maximum absolute atomic E-state index is 12.1. The van der Waals surface area contributed by atoms with Crippen LogP contribution in [0.3, 0.4) is 0 Å². The Balaban J connectivity index is 1.67. The van der Waals surface area contributed by atoms with Gasteiger partial charge in [0.2, 0.25) is 0 Å². The van der Waals surface area contributed by atoms with E-state index in [1.165, 1.54) is 11.1 Å². The standard InChI is InChI=1S/C19H20N2O2/c1-13(14-7-4-3-5-8-14)20(2)16-11-15-9-6-10-17-18(15)21(12-16)19(22)23-17/h3-10,13,16H,11-12H2,1-2H3. The Labute approximate surface area is 134 Å². The molecule has 4 rings (SSSR count). The monoisotopic (exact) mass is 308 g/mol. The van der Waals surface area contributed by atoms with Gasteiger partial charge in [-0.05, 0) is 37.6 Å². The molecule has 2 heterocycles. The van der Waals surface area contributed by atoms with Gasteiger partial charge in [-0.25, -0.2) is 4.79 Å². The van der Waals surface area contributed by atoms with E-state index in [-0.39, 0.29) is 11.8 Å². The third-order valence-corrected chi connectivity index (χ3v) is 5.09. The molecule has 0 bridgehead atoms. The van der Waals surface area contributed by atoms with Gasteiger partial charge in [0.15, 0.2) is 5.58 Å². The predicted octanol–water partition coefficient (Wildman–Crippen LogP) is 3.21. The van der Waals surface area contributed by atoms with Crippen LogP contribution < -0.4 is 5.76 Å². The Morgan fingerprint density at radius 2 is 1.96 bits per heavy atom. The molecule has 4 heteroatoms. The predicted molar refractivity (Wildman–Crippen MR) is 90.6 cm³/mol. The molecule has 0 saturated heterocycles. The highest BCUT2D eigenvalue weighted by molar-refractivity contribution is 5.77. The van der Waals surface area contributed by atoms with Crippen molar-refractivity contribution < 1.29 is 4.42 Å². The number of oxazole rings is 1. The Morgan fingerprint density at radius 1 is 1.17 bits per heavy atom. The fraction of sp³-hybridized carbons (Fsp3) is 0.316. The topological polar surface area (TPSA) is 38.4 Å². The molecule has 0 saturated carbocycles. The Morgan fingerprint density at radius 3 is 2.74 bits per heavy atom. The molecule has 1 aromatic heterocycles. The highest BCUT2D eigenvalue weighted by Gasteiger charge is 2.29. The largest absolute Gasteiger partial charge is 0.420 e. The minimum atomic E-state index is -0.252. The Bertz CT molecular complexity index is 895. The zero-order valence-corrected chi connectivity index (χ0v) is 13.4. The van der Waals surface area contributed by atoms with Gasteiger partial charge in [-0.1, -0.05) is 42.5 Å². The first-order chi connectivity index (χ1) is 11.1. The summed E-state index contributed by atoms with van der Waals surface area (Å²) in [5.41, 5.74) is 4.15. The Kier molecular flexibility index (Phi) is 3.34. The van der Waals surface area contributed by atoms with Gasteiger partial charge in [0.05, 0.1) is 5.52 Å². The molecule has 3 aromatic rings. The van der Waals surface area contributed by atoms with Crippen molar-refractivity contribution in [3.63, 3.8) is 0 Å². The van der Waals surface area contributed by atoms with E-state index in [4.69, 9.17) is 4.42 Å². The van der Waals surface area contributed by atoms with Gasteiger partial charge >= 0.3 is 5.76 Å². The second-order valence-electron chi connectivity index (χ2n) is 6.35. The van der Waals surface area contributed by atoms with Crippen LogP contribution in [0.25, 0.3) is 11.1 Å². The van der Waals surface area contributed by atoms with Gasteiger partial charge in [-0.3, -0.25) is 9.47 Å². The minimum Gasteiger partial charge on any atom is -0.408 e. The molecule has 2 aromatic carbocycles. The zero-order valence-electron chi connectivity index (χ0n) is 13.4. The van der Waals surface area contributed by atoms with Crippen molar-refractivity contribution in [1.29, 1.82) is 0 Å². The summed E-state index contributed by atoms with van der Waals surface area (Å²) in [6.07, 6.45) is 0.935. The van der Waals surface area contributed by atoms with E-state index in [0.29, 0.717) is 18.2 Å². The van der Waals surface area contributed by atoms with Crippen molar-refractivity contribution >= 4 is 11.1 Å². The fourth-order valence-electron chi connectivity index (χ4n) is 3.61. The molecule has 23 heavy (non-hydrogen) atoms. The van der Waals surface area contributed by atoms with Gasteiger partial charge in [-0.15, -0.1) is 0 Å². The van der Waals surface area contributed by atoms with Crippen molar-refractivity contribution in [1.82, 2.24) is 9.47 Å². The van der Waals surface area contributed by atoms with E-state index < -0.39 is 0 Å². The molecule has 4 nitrogen and oxygen atoms in total. The summed E-state index contributed by atoms with van der Waals surface area (Å²) in [5, 5.41) is 0. The first-order valence-corrected chi connectivity index (χ1v) is 8.03. The smallest absolute Gasteiger partial charge is 0.408 e.